The molecule has 32 heavy (non-hydrogen) atoms. The van der Waals surface area contributed by atoms with Crippen molar-refractivity contribution in [1.29, 1.82) is 0 Å². The second-order valence-electron chi connectivity index (χ2n) is 9.02. The number of anilines is 5. The van der Waals surface area contributed by atoms with E-state index >= 15 is 0 Å². The molecule has 0 aliphatic heterocycles. The molecule has 0 saturated heterocycles. The normalized spacial score (nSPS) is 19.8. The van der Waals surface area contributed by atoms with Gasteiger partial charge in [-0.05, 0) is 86.3 Å². The van der Waals surface area contributed by atoms with Crippen molar-refractivity contribution in [2.75, 3.05) is 34.8 Å². The number of hydrogen-bond acceptors (Lipinski definition) is 6. The van der Waals surface area contributed by atoms with Crippen molar-refractivity contribution in [1.82, 2.24) is 0 Å². The van der Waals surface area contributed by atoms with Crippen molar-refractivity contribution >= 4 is 28.4 Å². The van der Waals surface area contributed by atoms with E-state index in [2.05, 4.69) is 12.2 Å². The highest BCUT2D eigenvalue weighted by atomic mass is 16.3. The van der Waals surface area contributed by atoms with Gasteiger partial charge in [0, 0.05) is 23.5 Å². The Labute approximate surface area is 192 Å². The smallest absolute Gasteiger partial charge is 0.0810 e. The van der Waals surface area contributed by atoms with Gasteiger partial charge in [-0.2, -0.15) is 0 Å². The van der Waals surface area contributed by atoms with E-state index in [4.69, 9.17) is 22.9 Å². The monoisotopic (exact) mass is 437 g/mol. The van der Waals surface area contributed by atoms with Gasteiger partial charge in [-0.1, -0.05) is 25.5 Å². The summed E-state index contributed by atoms with van der Waals surface area (Å²) in [5.74, 6) is 0.832. The van der Waals surface area contributed by atoms with Gasteiger partial charge >= 0.3 is 0 Å². The second-order valence-corrected chi connectivity index (χ2v) is 9.02. The summed E-state index contributed by atoms with van der Waals surface area (Å²) in [4.78, 5) is 0. The molecule has 0 spiro atoms. The van der Waals surface area contributed by atoms with E-state index in [0.717, 1.165) is 55.3 Å². The summed E-state index contributed by atoms with van der Waals surface area (Å²) in [6, 6.07) is 7.83. The lowest BCUT2D eigenvalue weighted by atomic mass is 9.75. The van der Waals surface area contributed by atoms with Gasteiger partial charge in [0.05, 0.1) is 23.2 Å². The van der Waals surface area contributed by atoms with Crippen LogP contribution in [0.4, 0.5) is 28.4 Å². The molecule has 3 rings (SSSR count). The summed E-state index contributed by atoms with van der Waals surface area (Å²) in [6.07, 6.45) is 9.90. The van der Waals surface area contributed by atoms with Crippen LogP contribution in [0.1, 0.15) is 63.9 Å². The Bertz CT molecular complexity index is 901. The maximum absolute atomic E-state index is 10.3. The van der Waals surface area contributed by atoms with Crippen LogP contribution in [-0.2, 0) is 0 Å². The molecule has 1 saturated carbocycles. The molecule has 6 nitrogen and oxygen atoms in total. The first kappa shape index (κ1) is 23.8. The molecule has 0 amide bonds. The summed E-state index contributed by atoms with van der Waals surface area (Å²) in [6.45, 7) is 4.74. The Morgan fingerprint density at radius 1 is 0.969 bits per heavy atom. The number of aliphatic hydroxyl groups is 1. The van der Waals surface area contributed by atoms with Gasteiger partial charge in [0.2, 0.25) is 0 Å². The Kier molecular flexibility index (Phi) is 7.91. The highest BCUT2D eigenvalue weighted by Crippen LogP contribution is 2.43. The van der Waals surface area contributed by atoms with Crippen LogP contribution >= 0.6 is 0 Å². The van der Waals surface area contributed by atoms with Crippen LogP contribution in [-0.4, -0.2) is 17.8 Å². The zero-order valence-corrected chi connectivity index (χ0v) is 19.4. The number of nitrogens with one attached hydrogen (secondary N) is 1. The minimum atomic E-state index is -0.176. The largest absolute Gasteiger partial charge is 0.398 e. The number of benzene rings is 2. The molecule has 0 heterocycles. The quantitative estimate of drug-likeness (QED) is 0.251. The van der Waals surface area contributed by atoms with Gasteiger partial charge < -0.3 is 33.4 Å². The summed E-state index contributed by atoms with van der Waals surface area (Å²) >= 11 is 0. The highest BCUT2D eigenvalue weighted by Gasteiger charge is 2.27. The van der Waals surface area contributed by atoms with E-state index < -0.39 is 0 Å². The Morgan fingerprint density at radius 3 is 2.09 bits per heavy atom. The first-order valence-electron chi connectivity index (χ1n) is 11.8. The fourth-order valence-electron chi connectivity index (χ4n) is 4.96. The van der Waals surface area contributed by atoms with Crippen molar-refractivity contribution in [3.8, 4) is 11.1 Å². The molecular weight excluding hydrogens is 398 g/mol. The lowest BCUT2D eigenvalue weighted by molar-refractivity contribution is 0.0730. The average molecular weight is 438 g/mol. The van der Waals surface area contributed by atoms with Crippen LogP contribution < -0.4 is 28.3 Å². The van der Waals surface area contributed by atoms with Crippen molar-refractivity contribution < 1.29 is 5.11 Å². The lowest BCUT2D eigenvalue weighted by Gasteiger charge is -2.32. The fourth-order valence-corrected chi connectivity index (χ4v) is 4.96. The molecule has 1 unspecified atom stereocenters. The van der Waals surface area contributed by atoms with Gasteiger partial charge in [-0.15, -0.1) is 0 Å². The summed E-state index contributed by atoms with van der Waals surface area (Å²) in [5.41, 5.74) is 31.4. The predicted molar refractivity (Wildman–Crippen MR) is 138 cm³/mol. The molecule has 2 aromatic carbocycles. The number of nitrogens with two attached hydrogens (primary N) is 4. The summed E-state index contributed by atoms with van der Waals surface area (Å²) in [7, 11) is 0. The molecular formula is C26H39N5O. The van der Waals surface area contributed by atoms with E-state index in [1.54, 1.807) is 0 Å². The fraction of sp³-hybridized carbons (Fsp3) is 0.462. The maximum Gasteiger partial charge on any atom is 0.0810 e. The van der Waals surface area contributed by atoms with Crippen molar-refractivity contribution in [2.45, 2.75) is 64.4 Å². The van der Waals surface area contributed by atoms with Gasteiger partial charge in [0.25, 0.3) is 0 Å². The first-order valence-corrected chi connectivity index (χ1v) is 11.8. The molecule has 0 bridgehead atoms. The third kappa shape index (κ3) is 5.30. The summed E-state index contributed by atoms with van der Waals surface area (Å²) in [5, 5.41) is 13.6. The van der Waals surface area contributed by atoms with E-state index in [1.165, 1.54) is 5.56 Å². The van der Waals surface area contributed by atoms with Crippen LogP contribution in [0.2, 0.25) is 0 Å². The van der Waals surface area contributed by atoms with Crippen molar-refractivity contribution in [3.63, 3.8) is 0 Å². The van der Waals surface area contributed by atoms with Gasteiger partial charge in [-0.25, -0.2) is 0 Å². The Morgan fingerprint density at radius 2 is 1.56 bits per heavy atom. The van der Waals surface area contributed by atoms with Crippen molar-refractivity contribution in [3.05, 3.63) is 42.0 Å². The van der Waals surface area contributed by atoms with E-state index in [0.29, 0.717) is 41.1 Å². The molecule has 2 aromatic rings. The van der Waals surface area contributed by atoms with Gasteiger partial charge in [0.15, 0.2) is 0 Å². The number of allylic oxidation sites excluding steroid dienone is 1. The minimum Gasteiger partial charge on any atom is -0.398 e. The lowest BCUT2D eigenvalue weighted by Crippen LogP contribution is -2.25. The van der Waals surface area contributed by atoms with Crippen molar-refractivity contribution in [2.24, 2.45) is 5.92 Å². The summed E-state index contributed by atoms with van der Waals surface area (Å²) < 4.78 is 0. The zero-order valence-electron chi connectivity index (χ0n) is 19.4. The number of rotatable bonds is 8. The van der Waals surface area contributed by atoms with Gasteiger partial charge in [-0.3, -0.25) is 0 Å². The molecule has 6 heteroatoms. The molecule has 1 aliphatic carbocycles. The zero-order chi connectivity index (χ0) is 23.3. The minimum absolute atomic E-state index is 0.176. The second kappa shape index (κ2) is 10.6. The SMILES string of the molecule is C/C=C\CNc1c(N)cc(-c2c(N)cc(C3CCC(C(O)CCC)CC3)cc2N)cc1N. The molecule has 10 N–H and O–H groups in total. The third-order valence-electron chi connectivity index (χ3n) is 6.71. The molecule has 1 aliphatic rings. The van der Waals surface area contributed by atoms with Gasteiger partial charge in [0.1, 0.15) is 0 Å². The maximum atomic E-state index is 10.3. The van der Waals surface area contributed by atoms with E-state index in [-0.39, 0.29) is 6.10 Å². The molecule has 174 valence electrons. The van der Waals surface area contributed by atoms with E-state index in [1.807, 2.05) is 43.3 Å². The molecule has 0 radical (unpaired) electrons. The number of nitrogen functional groups attached to an aromatic ring is 4. The van der Waals surface area contributed by atoms with Crippen LogP contribution in [0.3, 0.4) is 0 Å². The van der Waals surface area contributed by atoms with Crippen LogP contribution in [0.15, 0.2) is 36.4 Å². The molecule has 1 atom stereocenters. The molecule has 0 aromatic heterocycles. The average Bonchev–Trinajstić information content (AvgIpc) is 2.75. The van der Waals surface area contributed by atoms with Crippen LogP contribution in [0, 0.1) is 5.92 Å². The van der Waals surface area contributed by atoms with E-state index in [9.17, 15) is 5.11 Å². The van der Waals surface area contributed by atoms with Crippen LogP contribution in [0.5, 0.6) is 0 Å². The number of hydrogen-bond donors (Lipinski definition) is 6. The predicted octanol–water partition coefficient (Wildman–Crippen LogP) is 5.11. The van der Waals surface area contributed by atoms with Crippen LogP contribution in [0.25, 0.3) is 11.1 Å². The number of aliphatic hydroxyl groups excluding tert-OH is 1. The molecule has 1 fully saturated rings. The Hall–Kier alpha value is -2.86. The highest BCUT2D eigenvalue weighted by molar-refractivity contribution is 5.93. The first-order chi connectivity index (χ1) is 15.3. The third-order valence-corrected chi connectivity index (χ3v) is 6.71. The topological polar surface area (TPSA) is 136 Å². The standard InChI is InChI=1S/C26H39N5O/c1-3-5-11-31-26-22(29)14-19(15-23(26)30)25-20(27)12-18(13-21(25)28)16-7-9-17(10-8-16)24(32)6-4-2/h3,5,12-17,24,31-32H,4,6-11,27-30H2,1-2H3/b5-3-. The Balaban J connectivity index is 1.80.